The van der Waals surface area contributed by atoms with Crippen LogP contribution in [0.3, 0.4) is 0 Å². The van der Waals surface area contributed by atoms with E-state index >= 15 is 0 Å². The van der Waals surface area contributed by atoms with Gasteiger partial charge in [0.25, 0.3) is 10.0 Å². The lowest BCUT2D eigenvalue weighted by atomic mass is 10.1. The van der Waals surface area contributed by atoms with E-state index in [0.29, 0.717) is 10.6 Å². The second-order valence-electron chi connectivity index (χ2n) is 4.82. The summed E-state index contributed by atoms with van der Waals surface area (Å²) < 4.78 is 24.8. The quantitative estimate of drug-likeness (QED) is 0.851. The number of para-hydroxylation sites is 1. The van der Waals surface area contributed by atoms with Gasteiger partial charge in [-0.2, -0.15) is 0 Å². The van der Waals surface area contributed by atoms with Crippen molar-refractivity contribution in [3.05, 3.63) is 59.2 Å². The second kappa shape index (κ2) is 5.64. The lowest BCUT2D eigenvalue weighted by molar-refractivity contribution is 0.586. The topological polar surface area (TPSA) is 58.2 Å². The van der Waals surface area contributed by atoms with Crippen LogP contribution in [0.2, 0.25) is 0 Å². The zero-order valence-electron chi connectivity index (χ0n) is 11.8. The van der Waals surface area contributed by atoms with Gasteiger partial charge in [-0.3, -0.25) is 0 Å². The van der Waals surface area contributed by atoms with Crippen molar-refractivity contribution < 1.29 is 8.42 Å². The van der Waals surface area contributed by atoms with Gasteiger partial charge in [-0.15, -0.1) is 4.83 Å². The Labute approximate surface area is 119 Å². The summed E-state index contributed by atoms with van der Waals surface area (Å²) >= 11 is 0. The fourth-order valence-corrected chi connectivity index (χ4v) is 3.61. The van der Waals surface area contributed by atoms with Gasteiger partial charge in [-0.25, -0.2) is 8.42 Å². The van der Waals surface area contributed by atoms with Gasteiger partial charge >= 0.3 is 0 Å². The summed E-state index contributed by atoms with van der Waals surface area (Å²) in [6.07, 6.45) is 0. The Kier molecular flexibility index (Phi) is 4.11. The summed E-state index contributed by atoms with van der Waals surface area (Å²) in [7, 11) is -3.60. The molecule has 106 valence electrons. The summed E-state index contributed by atoms with van der Waals surface area (Å²) in [6, 6.07) is 12.8. The van der Waals surface area contributed by atoms with Crippen molar-refractivity contribution in [2.75, 3.05) is 5.43 Å². The Morgan fingerprint density at radius 3 is 2.00 bits per heavy atom. The molecule has 0 unspecified atom stereocenters. The molecule has 0 spiro atoms. The molecular weight excluding hydrogens is 272 g/mol. The van der Waals surface area contributed by atoms with Crippen LogP contribution >= 0.6 is 0 Å². The fraction of sp³-hybridized carbons (Fsp3) is 0.200. The highest BCUT2D eigenvalue weighted by Crippen LogP contribution is 2.21. The molecule has 0 heterocycles. The second-order valence-corrected chi connectivity index (χ2v) is 6.44. The van der Waals surface area contributed by atoms with Crippen molar-refractivity contribution >= 4 is 15.7 Å². The molecule has 0 saturated heterocycles. The monoisotopic (exact) mass is 290 g/mol. The number of hydrogen-bond acceptors (Lipinski definition) is 3. The van der Waals surface area contributed by atoms with Gasteiger partial charge in [-0.05, 0) is 44.0 Å². The normalized spacial score (nSPS) is 11.3. The standard InChI is InChI=1S/C15H18N2O2S/c1-11-9-12(2)15(13(3)10-11)20(18,19)17-16-14-7-5-4-6-8-14/h4-10,16-17H,1-3H3. The van der Waals surface area contributed by atoms with E-state index < -0.39 is 10.0 Å². The smallest absolute Gasteiger partial charge is 0.257 e. The minimum atomic E-state index is -3.60. The maximum absolute atomic E-state index is 12.4. The number of nitrogens with one attached hydrogen (secondary N) is 2. The van der Waals surface area contributed by atoms with Crippen molar-refractivity contribution in [3.63, 3.8) is 0 Å². The number of benzene rings is 2. The molecule has 0 bridgehead atoms. The molecule has 0 saturated carbocycles. The van der Waals surface area contributed by atoms with Crippen LogP contribution in [0.25, 0.3) is 0 Å². The highest BCUT2D eigenvalue weighted by molar-refractivity contribution is 7.89. The number of hydrogen-bond donors (Lipinski definition) is 2. The molecule has 0 atom stereocenters. The minimum absolute atomic E-state index is 0.325. The zero-order chi connectivity index (χ0) is 14.8. The van der Waals surface area contributed by atoms with E-state index in [1.807, 2.05) is 37.3 Å². The number of aryl methyl sites for hydroxylation is 3. The first-order chi connectivity index (χ1) is 9.40. The van der Waals surface area contributed by atoms with Crippen LogP contribution in [0.4, 0.5) is 5.69 Å². The molecule has 2 aromatic carbocycles. The van der Waals surface area contributed by atoms with Gasteiger partial charge in [0.05, 0.1) is 4.90 Å². The third-order valence-corrected chi connectivity index (χ3v) is 4.53. The highest BCUT2D eigenvalue weighted by Gasteiger charge is 2.19. The van der Waals surface area contributed by atoms with Gasteiger partial charge < -0.3 is 5.43 Å². The number of rotatable bonds is 4. The molecule has 0 aliphatic heterocycles. The molecule has 2 rings (SSSR count). The lowest BCUT2D eigenvalue weighted by Crippen LogP contribution is -2.30. The molecule has 0 aliphatic carbocycles. The molecule has 2 N–H and O–H groups in total. The Morgan fingerprint density at radius 2 is 1.45 bits per heavy atom. The van der Waals surface area contributed by atoms with Gasteiger partial charge in [-0.1, -0.05) is 35.9 Å². The largest absolute Gasteiger partial charge is 0.308 e. The first kappa shape index (κ1) is 14.6. The van der Waals surface area contributed by atoms with Gasteiger partial charge in [0, 0.05) is 5.69 Å². The summed E-state index contributed by atoms with van der Waals surface area (Å²) in [5, 5.41) is 0. The fourth-order valence-electron chi connectivity index (χ4n) is 2.29. The molecule has 5 heteroatoms. The van der Waals surface area contributed by atoms with E-state index in [-0.39, 0.29) is 0 Å². The molecular formula is C15H18N2O2S. The van der Waals surface area contributed by atoms with E-state index in [4.69, 9.17) is 0 Å². The molecule has 0 fully saturated rings. The lowest BCUT2D eigenvalue weighted by Gasteiger charge is -2.14. The third kappa shape index (κ3) is 3.18. The van der Waals surface area contributed by atoms with Crippen molar-refractivity contribution in [2.45, 2.75) is 25.7 Å². The van der Waals surface area contributed by atoms with E-state index in [9.17, 15) is 8.42 Å². The molecule has 0 aromatic heterocycles. The first-order valence-electron chi connectivity index (χ1n) is 6.31. The van der Waals surface area contributed by atoms with E-state index in [0.717, 1.165) is 16.7 Å². The van der Waals surface area contributed by atoms with Crippen LogP contribution in [0.1, 0.15) is 16.7 Å². The molecule has 0 radical (unpaired) electrons. The Morgan fingerprint density at radius 1 is 0.900 bits per heavy atom. The average Bonchev–Trinajstić information content (AvgIpc) is 2.36. The molecule has 0 amide bonds. The summed E-state index contributed by atoms with van der Waals surface area (Å²) in [5.41, 5.74) is 5.94. The van der Waals surface area contributed by atoms with Gasteiger partial charge in [0.2, 0.25) is 0 Å². The van der Waals surface area contributed by atoms with Crippen molar-refractivity contribution in [1.82, 2.24) is 4.83 Å². The summed E-state index contributed by atoms with van der Waals surface area (Å²) in [5.74, 6) is 0. The van der Waals surface area contributed by atoms with Crippen LogP contribution in [0, 0.1) is 20.8 Å². The molecule has 20 heavy (non-hydrogen) atoms. The number of sulfonamides is 1. The molecule has 0 aliphatic rings. The molecule has 2 aromatic rings. The van der Waals surface area contributed by atoms with Crippen LogP contribution in [-0.2, 0) is 10.0 Å². The van der Waals surface area contributed by atoms with E-state index in [2.05, 4.69) is 10.3 Å². The predicted octanol–water partition coefficient (Wildman–Crippen LogP) is 2.92. The Bertz CT molecular complexity index is 687. The van der Waals surface area contributed by atoms with Gasteiger partial charge in [0.1, 0.15) is 0 Å². The summed E-state index contributed by atoms with van der Waals surface area (Å²) in [4.78, 5) is 2.74. The maximum Gasteiger partial charge on any atom is 0.257 e. The first-order valence-corrected chi connectivity index (χ1v) is 7.79. The van der Waals surface area contributed by atoms with Crippen LogP contribution in [-0.4, -0.2) is 8.42 Å². The summed E-state index contributed by atoms with van der Waals surface area (Å²) in [6.45, 7) is 5.56. The van der Waals surface area contributed by atoms with Crippen molar-refractivity contribution in [2.24, 2.45) is 0 Å². The van der Waals surface area contributed by atoms with E-state index in [1.54, 1.807) is 26.0 Å². The van der Waals surface area contributed by atoms with Crippen molar-refractivity contribution in [1.29, 1.82) is 0 Å². The Hall–Kier alpha value is -1.85. The minimum Gasteiger partial charge on any atom is -0.308 e. The maximum atomic E-state index is 12.4. The van der Waals surface area contributed by atoms with Crippen LogP contribution < -0.4 is 10.3 Å². The Balaban J connectivity index is 2.28. The van der Waals surface area contributed by atoms with E-state index in [1.165, 1.54) is 0 Å². The number of anilines is 1. The van der Waals surface area contributed by atoms with Crippen LogP contribution in [0.5, 0.6) is 0 Å². The predicted molar refractivity (Wildman–Crippen MR) is 81.0 cm³/mol. The third-order valence-electron chi connectivity index (χ3n) is 2.98. The van der Waals surface area contributed by atoms with Crippen molar-refractivity contribution in [3.8, 4) is 0 Å². The van der Waals surface area contributed by atoms with Crippen LogP contribution in [0.15, 0.2) is 47.4 Å². The zero-order valence-corrected chi connectivity index (χ0v) is 12.6. The molecule has 4 nitrogen and oxygen atoms in total. The average molecular weight is 290 g/mol. The number of hydrazine groups is 1. The SMILES string of the molecule is Cc1cc(C)c(S(=O)(=O)NNc2ccccc2)c(C)c1. The highest BCUT2D eigenvalue weighted by atomic mass is 32.2. The van der Waals surface area contributed by atoms with Gasteiger partial charge in [0.15, 0.2) is 0 Å².